The molecular weight excluding hydrogens is 266 g/mol. The number of nitrogens with zero attached hydrogens (tertiary/aromatic N) is 2. The lowest BCUT2D eigenvalue weighted by molar-refractivity contribution is -0.384. The molecule has 3 rings (SSSR count). The Balaban J connectivity index is 2.13. The first-order valence-corrected chi connectivity index (χ1v) is 5.92. The van der Waals surface area contributed by atoms with Crippen LogP contribution in [0.4, 0.5) is 5.69 Å². The Kier molecular flexibility index (Phi) is 2.68. The van der Waals surface area contributed by atoms with E-state index >= 15 is 0 Å². The number of para-hydroxylation sites is 2. The van der Waals surface area contributed by atoms with Crippen molar-refractivity contribution in [3.05, 3.63) is 57.6 Å². The fourth-order valence-corrected chi connectivity index (χ4v) is 2.15. The zero-order valence-electron chi connectivity index (χ0n) is 9.63. The number of nitrogens with one attached hydrogen (secondary N) is 1. The molecule has 2 aromatic carbocycles. The highest BCUT2D eigenvalue weighted by molar-refractivity contribution is 6.33. The van der Waals surface area contributed by atoms with Gasteiger partial charge in [0.05, 0.1) is 21.0 Å². The second kappa shape index (κ2) is 4.37. The average molecular weight is 274 g/mol. The number of aromatic nitrogens is 2. The molecule has 94 valence electrons. The van der Waals surface area contributed by atoms with Gasteiger partial charge in [-0.15, -0.1) is 0 Å². The van der Waals surface area contributed by atoms with E-state index in [0.29, 0.717) is 16.4 Å². The lowest BCUT2D eigenvalue weighted by Gasteiger charge is -2.00. The number of hydrogen-bond acceptors (Lipinski definition) is 3. The smallest absolute Gasteiger partial charge is 0.270 e. The van der Waals surface area contributed by atoms with E-state index < -0.39 is 4.92 Å². The number of halogens is 1. The van der Waals surface area contributed by atoms with Gasteiger partial charge in [-0.05, 0) is 18.2 Å². The number of nitro groups is 1. The van der Waals surface area contributed by atoms with Gasteiger partial charge in [-0.3, -0.25) is 10.1 Å². The summed E-state index contributed by atoms with van der Waals surface area (Å²) in [5, 5.41) is 11.0. The number of hydrogen-bond donors (Lipinski definition) is 1. The van der Waals surface area contributed by atoms with Crippen LogP contribution in [0.3, 0.4) is 0 Å². The van der Waals surface area contributed by atoms with Crippen molar-refractivity contribution in [3.8, 4) is 11.4 Å². The molecule has 1 N–H and O–H groups in total. The van der Waals surface area contributed by atoms with Gasteiger partial charge in [0.25, 0.3) is 5.69 Å². The quantitative estimate of drug-likeness (QED) is 0.570. The van der Waals surface area contributed by atoms with Gasteiger partial charge >= 0.3 is 0 Å². The molecule has 19 heavy (non-hydrogen) atoms. The van der Waals surface area contributed by atoms with Crippen LogP contribution < -0.4 is 0 Å². The second-order valence-electron chi connectivity index (χ2n) is 4.02. The summed E-state index contributed by atoms with van der Waals surface area (Å²) in [6, 6.07) is 11.9. The van der Waals surface area contributed by atoms with Crippen LogP contribution in [0.15, 0.2) is 42.5 Å². The van der Waals surface area contributed by atoms with Gasteiger partial charge in [0.15, 0.2) is 0 Å². The molecule has 0 aliphatic carbocycles. The lowest BCUT2D eigenvalue weighted by Crippen LogP contribution is -1.89. The van der Waals surface area contributed by atoms with E-state index in [-0.39, 0.29) is 5.69 Å². The molecule has 0 radical (unpaired) electrons. The number of nitro benzene ring substituents is 1. The van der Waals surface area contributed by atoms with Gasteiger partial charge in [0.2, 0.25) is 0 Å². The summed E-state index contributed by atoms with van der Waals surface area (Å²) in [6.07, 6.45) is 0. The zero-order chi connectivity index (χ0) is 13.4. The molecular formula is C13H8ClN3O2. The Morgan fingerprint density at radius 1 is 1.21 bits per heavy atom. The van der Waals surface area contributed by atoms with Gasteiger partial charge in [-0.25, -0.2) is 4.98 Å². The summed E-state index contributed by atoms with van der Waals surface area (Å²) in [5.74, 6) is 0.598. The predicted octanol–water partition coefficient (Wildman–Crippen LogP) is 3.79. The van der Waals surface area contributed by atoms with Gasteiger partial charge < -0.3 is 4.98 Å². The summed E-state index contributed by atoms with van der Waals surface area (Å²) in [6.45, 7) is 0. The maximum Gasteiger partial charge on any atom is 0.270 e. The largest absolute Gasteiger partial charge is 0.338 e. The van der Waals surface area contributed by atoms with Gasteiger partial charge in [0.1, 0.15) is 5.82 Å². The van der Waals surface area contributed by atoms with Crippen LogP contribution in [0.1, 0.15) is 0 Å². The summed E-state index contributed by atoms with van der Waals surface area (Å²) in [7, 11) is 0. The number of rotatable bonds is 2. The molecule has 0 saturated carbocycles. The standard InChI is InChI=1S/C13H8ClN3O2/c14-10-7-8(17(18)19)5-6-9(10)13-15-11-3-1-2-4-12(11)16-13/h1-7H,(H,15,16). The van der Waals surface area contributed by atoms with Crippen LogP contribution in [0, 0.1) is 10.1 Å². The molecule has 0 atom stereocenters. The predicted molar refractivity (Wildman–Crippen MR) is 73.2 cm³/mol. The van der Waals surface area contributed by atoms with E-state index in [0.717, 1.165) is 11.0 Å². The molecule has 0 saturated heterocycles. The molecule has 0 spiro atoms. The summed E-state index contributed by atoms with van der Waals surface area (Å²) < 4.78 is 0. The molecule has 1 heterocycles. The minimum absolute atomic E-state index is 0.0372. The maximum atomic E-state index is 10.7. The number of fused-ring (bicyclic) bond motifs is 1. The van der Waals surface area contributed by atoms with Crippen molar-refractivity contribution in [3.63, 3.8) is 0 Å². The van der Waals surface area contributed by atoms with E-state index in [4.69, 9.17) is 11.6 Å². The molecule has 1 aromatic heterocycles. The molecule has 6 heteroatoms. The van der Waals surface area contributed by atoms with Crippen molar-refractivity contribution in [1.29, 1.82) is 0 Å². The maximum absolute atomic E-state index is 10.7. The Labute approximate surface area is 113 Å². The minimum Gasteiger partial charge on any atom is -0.338 e. The third kappa shape index (κ3) is 2.04. The van der Waals surface area contributed by atoms with Crippen LogP contribution in [-0.2, 0) is 0 Å². The molecule has 0 unspecified atom stereocenters. The fourth-order valence-electron chi connectivity index (χ4n) is 1.89. The molecule has 0 aliphatic rings. The normalized spacial score (nSPS) is 10.8. The zero-order valence-corrected chi connectivity index (χ0v) is 10.4. The van der Waals surface area contributed by atoms with Crippen LogP contribution in [0.2, 0.25) is 5.02 Å². The van der Waals surface area contributed by atoms with Crippen LogP contribution in [0.5, 0.6) is 0 Å². The highest BCUT2D eigenvalue weighted by atomic mass is 35.5. The van der Waals surface area contributed by atoms with Crippen molar-refractivity contribution in [2.45, 2.75) is 0 Å². The molecule has 0 amide bonds. The van der Waals surface area contributed by atoms with Gasteiger partial charge in [0, 0.05) is 17.7 Å². The van der Waals surface area contributed by atoms with Gasteiger partial charge in [-0.1, -0.05) is 23.7 Å². The van der Waals surface area contributed by atoms with Crippen molar-refractivity contribution in [2.24, 2.45) is 0 Å². The van der Waals surface area contributed by atoms with Gasteiger partial charge in [-0.2, -0.15) is 0 Å². The molecule has 3 aromatic rings. The monoisotopic (exact) mass is 273 g/mol. The molecule has 5 nitrogen and oxygen atoms in total. The Morgan fingerprint density at radius 2 is 2.00 bits per heavy atom. The fraction of sp³-hybridized carbons (Fsp3) is 0. The third-order valence-electron chi connectivity index (χ3n) is 2.81. The number of benzene rings is 2. The highest BCUT2D eigenvalue weighted by Gasteiger charge is 2.13. The summed E-state index contributed by atoms with van der Waals surface area (Å²) >= 11 is 6.07. The van der Waals surface area contributed by atoms with Crippen molar-refractivity contribution in [2.75, 3.05) is 0 Å². The first kappa shape index (κ1) is 11.7. The second-order valence-corrected chi connectivity index (χ2v) is 4.43. The highest BCUT2D eigenvalue weighted by Crippen LogP contribution is 2.30. The number of aromatic amines is 1. The van der Waals surface area contributed by atoms with Crippen molar-refractivity contribution < 1.29 is 4.92 Å². The molecule has 0 fully saturated rings. The first-order valence-electron chi connectivity index (χ1n) is 5.54. The van der Waals surface area contributed by atoms with E-state index in [1.807, 2.05) is 24.3 Å². The van der Waals surface area contributed by atoms with E-state index in [1.54, 1.807) is 6.07 Å². The number of non-ortho nitro benzene ring substituents is 1. The molecule has 0 aliphatic heterocycles. The first-order chi connectivity index (χ1) is 9.15. The van der Waals surface area contributed by atoms with Crippen LogP contribution >= 0.6 is 11.6 Å². The van der Waals surface area contributed by atoms with E-state index in [9.17, 15) is 10.1 Å². The summed E-state index contributed by atoms with van der Waals surface area (Å²) in [5.41, 5.74) is 2.33. The van der Waals surface area contributed by atoms with E-state index in [2.05, 4.69) is 9.97 Å². The van der Waals surface area contributed by atoms with Crippen LogP contribution in [0.25, 0.3) is 22.4 Å². The number of H-pyrrole nitrogens is 1. The van der Waals surface area contributed by atoms with Crippen molar-refractivity contribution in [1.82, 2.24) is 9.97 Å². The topological polar surface area (TPSA) is 71.8 Å². The lowest BCUT2D eigenvalue weighted by atomic mass is 10.2. The van der Waals surface area contributed by atoms with E-state index in [1.165, 1.54) is 12.1 Å². The average Bonchev–Trinajstić information content (AvgIpc) is 2.81. The Hall–Kier alpha value is -2.40. The Morgan fingerprint density at radius 3 is 2.68 bits per heavy atom. The third-order valence-corrected chi connectivity index (χ3v) is 3.12. The van der Waals surface area contributed by atoms with Crippen molar-refractivity contribution >= 4 is 28.3 Å². The minimum atomic E-state index is -0.478. The Bertz CT molecular complexity index is 749. The number of imidazole rings is 1. The molecule has 0 bridgehead atoms. The summed E-state index contributed by atoms with van der Waals surface area (Å²) in [4.78, 5) is 17.7. The SMILES string of the molecule is O=[N+]([O-])c1ccc(-c2nc3ccccc3[nH]2)c(Cl)c1. The van der Waals surface area contributed by atoms with Crippen LogP contribution in [-0.4, -0.2) is 14.9 Å².